The van der Waals surface area contributed by atoms with Crippen LogP contribution in [0.4, 0.5) is 17.3 Å². The number of pyridine rings is 1. The molecule has 242 valence electrons. The van der Waals surface area contributed by atoms with Crippen molar-refractivity contribution < 1.29 is 0 Å². The monoisotopic (exact) mass is 599 g/mol. The molecule has 0 aromatic carbocycles. The highest BCUT2D eigenvalue weighted by molar-refractivity contribution is 5.70. The van der Waals surface area contributed by atoms with Crippen LogP contribution in [0.1, 0.15) is 87.0 Å². The van der Waals surface area contributed by atoms with Gasteiger partial charge in [-0.15, -0.1) is 0 Å². The lowest BCUT2D eigenvalue weighted by molar-refractivity contribution is 0.0753. The molecule has 1 aliphatic heterocycles. The van der Waals surface area contributed by atoms with E-state index in [1.165, 1.54) is 50.2 Å². The van der Waals surface area contributed by atoms with E-state index in [4.69, 9.17) is 4.98 Å². The van der Waals surface area contributed by atoms with Crippen molar-refractivity contribution in [1.82, 2.24) is 9.88 Å². The van der Waals surface area contributed by atoms with Crippen molar-refractivity contribution in [2.24, 2.45) is 34.5 Å². The van der Waals surface area contributed by atoms with E-state index in [0.717, 1.165) is 88.3 Å². The maximum Gasteiger partial charge on any atom is 0.154 e. The normalized spacial score (nSPS) is 33.3. The zero-order valence-electron chi connectivity index (χ0n) is 29.1. The van der Waals surface area contributed by atoms with E-state index in [1.807, 2.05) is 0 Å². The Morgan fingerprint density at radius 2 is 1.66 bits per heavy atom. The molecule has 0 spiro atoms. The first kappa shape index (κ1) is 31.7. The first-order valence-corrected chi connectivity index (χ1v) is 18.3. The van der Waals surface area contributed by atoms with Crippen LogP contribution in [0.15, 0.2) is 47.6 Å². The van der Waals surface area contributed by atoms with Crippen LogP contribution in [0, 0.1) is 34.5 Å². The fourth-order valence-corrected chi connectivity index (χ4v) is 10.4. The number of aromatic nitrogens is 1. The summed E-state index contributed by atoms with van der Waals surface area (Å²) in [6.07, 6.45) is 18.1. The van der Waals surface area contributed by atoms with E-state index in [9.17, 15) is 0 Å². The molecule has 1 saturated heterocycles. The predicted octanol–water partition coefficient (Wildman–Crippen LogP) is 8.20. The topological polar surface area (TPSA) is 25.9 Å². The summed E-state index contributed by atoms with van der Waals surface area (Å²) in [7, 11) is 0. The molecule has 0 bridgehead atoms. The summed E-state index contributed by atoms with van der Waals surface area (Å²) in [5.74, 6) is 5.61. The van der Waals surface area contributed by atoms with E-state index in [-0.39, 0.29) is 5.41 Å². The molecule has 1 aromatic heterocycles. The first-order chi connectivity index (χ1) is 21.3. The highest BCUT2D eigenvalue weighted by atomic mass is 15.3. The second kappa shape index (κ2) is 12.9. The molecular formula is C39H61N5. The minimum atomic E-state index is 0.203. The van der Waals surface area contributed by atoms with Crippen molar-refractivity contribution in [2.75, 3.05) is 73.6 Å². The summed E-state index contributed by atoms with van der Waals surface area (Å²) < 4.78 is 0. The molecule has 1 aromatic rings. The molecule has 5 heteroatoms. The van der Waals surface area contributed by atoms with Crippen LogP contribution in [0.5, 0.6) is 0 Å². The first-order valence-electron chi connectivity index (χ1n) is 18.3. The molecule has 5 nitrogen and oxygen atoms in total. The molecule has 0 radical (unpaired) electrons. The van der Waals surface area contributed by atoms with Gasteiger partial charge in [-0.3, -0.25) is 4.90 Å². The number of fused-ring (bicyclic) bond motifs is 5. The number of piperazine rings is 1. The van der Waals surface area contributed by atoms with Crippen LogP contribution < -0.4 is 14.7 Å². The molecule has 6 rings (SSSR count). The molecule has 0 unspecified atom stereocenters. The zero-order valence-corrected chi connectivity index (χ0v) is 29.1. The van der Waals surface area contributed by atoms with Gasteiger partial charge >= 0.3 is 0 Å². The molecule has 0 amide bonds. The third-order valence-corrected chi connectivity index (χ3v) is 13.1. The van der Waals surface area contributed by atoms with E-state index >= 15 is 0 Å². The van der Waals surface area contributed by atoms with E-state index < -0.39 is 0 Å². The van der Waals surface area contributed by atoms with Crippen LogP contribution in [-0.4, -0.2) is 68.8 Å². The second-order valence-corrected chi connectivity index (χ2v) is 15.0. The molecule has 44 heavy (non-hydrogen) atoms. The van der Waals surface area contributed by atoms with Crippen molar-refractivity contribution in [1.29, 1.82) is 0 Å². The Morgan fingerprint density at radius 3 is 2.36 bits per heavy atom. The molecule has 4 aliphatic carbocycles. The van der Waals surface area contributed by atoms with Gasteiger partial charge in [0, 0.05) is 57.8 Å². The second-order valence-electron chi connectivity index (χ2n) is 15.0. The van der Waals surface area contributed by atoms with Gasteiger partial charge in [-0.05, 0) is 121 Å². The van der Waals surface area contributed by atoms with Crippen molar-refractivity contribution in [2.45, 2.75) is 87.0 Å². The minimum Gasteiger partial charge on any atom is -0.369 e. The lowest BCUT2D eigenvalue weighted by Crippen LogP contribution is -2.48. The summed E-state index contributed by atoms with van der Waals surface area (Å²) in [6.45, 7) is 26.5. The van der Waals surface area contributed by atoms with Gasteiger partial charge in [0.1, 0.15) is 5.82 Å². The third-order valence-electron chi connectivity index (χ3n) is 13.1. The number of rotatable bonds is 10. The number of hydrogen-bond acceptors (Lipinski definition) is 5. The largest absolute Gasteiger partial charge is 0.369 e. The minimum absolute atomic E-state index is 0.203. The average molecular weight is 600 g/mol. The van der Waals surface area contributed by atoms with Gasteiger partial charge in [0.25, 0.3) is 0 Å². The van der Waals surface area contributed by atoms with Crippen molar-refractivity contribution in [3.05, 3.63) is 47.6 Å². The van der Waals surface area contributed by atoms with E-state index in [1.54, 1.807) is 11.1 Å². The van der Waals surface area contributed by atoms with E-state index in [0.29, 0.717) is 5.41 Å². The highest BCUT2D eigenvalue weighted by Gasteiger charge is 2.57. The SMILES string of the molecule is CCN(CC)c1ccc(N(CC)CC)c(N2CCN(CC[C@H]3[C@H](C)C[C@H]4[C@@H]5CCC6=CCC=C[C@]6(C)C5=CC[C@]34C)CC2)n1. The number of allylic oxidation sites excluding steroid dienone is 6. The van der Waals surface area contributed by atoms with Crippen LogP contribution in [-0.2, 0) is 0 Å². The quantitative estimate of drug-likeness (QED) is 0.253. The maximum absolute atomic E-state index is 5.30. The highest BCUT2D eigenvalue weighted by Crippen LogP contribution is 2.65. The summed E-state index contributed by atoms with van der Waals surface area (Å²) in [6, 6.07) is 4.56. The number of anilines is 3. The molecule has 2 saturated carbocycles. The number of nitrogens with zero attached hydrogens (tertiary/aromatic N) is 5. The van der Waals surface area contributed by atoms with Gasteiger partial charge in [0.15, 0.2) is 5.82 Å². The average Bonchev–Trinajstić information content (AvgIpc) is 3.30. The summed E-state index contributed by atoms with van der Waals surface area (Å²) in [4.78, 5) is 15.5. The standard InChI is InChI=1S/C39H61N5/c1-8-42(9-2)35-17-18-36(43(10-3)11-4)40-37(35)44-26-24-41(25-27-44)23-20-32-29(5)28-34-31-16-15-30-14-12-13-21-38(30,6)33(31)19-22-39(32,34)7/h13-14,17-19,21,29,31-32,34H,8-12,15-16,20,22-28H2,1-7H3/t29-,31-,32+,34+,38+,39-/m1/s1. The molecular weight excluding hydrogens is 538 g/mol. The Kier molecular flexibility index (Phi) is 9.26. The summed E-state index contributed by atoms with van der Waals surface area (Å²) in [5.41, 5.74) is 5.44. The lowest BCUT2D eigenvalue weighted by atomic mass is 9.52. The molecule has 6 atom stereocenters. The third kappa shape index (κ3) is 5.43. The van der Waals surface area contributed by atoms with Crippen LogP contribution in [0.3, 0.4) is 0 Å². The van der Waals surface area contributed by atoms with Crippen LogP contribution in [0.2, 0.25) is 0 Å². The Bertz CT molecular complexity index is 1250. The molecule has 2 heterocycles. The fourth-order valence-electron chi connectivity index (χ4n) is 10.4. The Hall–Kier alpha value is -2.27. The van der Waals surface area contributed by atoms with Crippen molar-refractivity contribution in [3.63, 3.8) is 0 Å². The molecule has 5 aliphatic rings. The van der Waals surface area contributed by atoms with Crippen LogP contribution >= 0.6 is 0 Å². The smallest absolute Gasteiger partial charge is 0.154 e. The Labute approximate surface area is 269 Å². The maximum atomic E-state index is 5.30. The van der Waals surface area contributed by atoms with Gasteiger partial charge in [-0.1, -0.05) is 49.3 Å². The van der Waals surface area contributed by atoms with Gasteiger partial charge in [-0.2, -0.15) is 0 Å². The molecule has 0 N–H and O–H groups in total. The Morgan fingerprint density at radius 1 is 0.932 bits per heavy atom. The predicted molar refractivity (Wildman–Crippen MR) is 189 cm³/mol. The molecule has 3 fully saturated rings. The van der Waals surface area contributed by atoms with E-state index in [2.05, 4.69) is 105 Å². The van der Waals surface area contributed by atoms with Gasteiger partial charge < -0.3 is 14.7 Å². The van der Waals surface area contributed by atoms with Crippen molar-refractivity contribution >= 4 is 17.3 Å². The Balaban J connectivity index is 1.12. The van der Waals surface area contributed by atoms with Gasteiger partial charge in [0.05, 0.1) is 5.69 Å². The summed E-state index contributed by atoms with van der Waals surface area (Å²) >= 11 is 0. The van der Waals surface area contributed by atoms with Gasteiger partial charge in [-0.25, -0.2) is 4.98 Å². The van der Waals surface area contributed by atoms with Crippen LogP contribution in [0.25, 0.3) is 0 Å². The van der Waals surface area contributed by atoms with Crippen molar-refractivity contribution in [3.8, 4) is 0 Å². The fraction of sp³-hybridized carbons (Fsp3) is 0.718. The lowest BCUT2D eigenvalue weighted by Gasteiger charge is -2.52. The van der Waals surface area contributed by atoms with Gasteiger partial charge in [0.2, 0.25) is 0 Å². The number of hydrogen-bond donors (Lipinski definition) is 0. The zero-order chi connectivity index (χ0) is 31.1. The summed E-state index contributed by atoms with van der Waals surface area (Å²) in [5, 5.41) is 0.